The molecular formula is C13H12N2O4. The number of methoxy groups -OCH3 is 1. The largest absolute Gasteiger partial charge is 0.497 e. The molecule has 2 rings (SSSR count). The molecule has 0 unspecified atom stereocenters. The summed E-state index contributed by atoms with van der Waals surface area (Å²) in [6, 6.07) is 8.28. The highest BCUT2D eigenvalue weighted by atomic mass is 16.5. The fraction of sp³-hybridized carbons (Fsp3) is 0.154. The number of hydrogen-bond acceptors (Lipinski definition) is 4. The lowest BCUT2D eigenvalue weighted by Gasteiger charge is -2.06. The Morgan fingerprint density at radius 2 is 2.11 bits per heavy atom. The van der Waals surface area contributed by atoms with Gasteiger partial charge in [-0.15, -0.1) is 0 Å². The molecule has 0 saturated heterocycles. The lowest BCUT2D eigenvalue weighted by atomic mass is 10.1. The third-order valence-electron chi connectivity index (χ3n) is 2.66. The van der Waals surface area contributed by atoms with Crippen LogP contribution in [0.5, 0.6) is 5.75 Å². The summed E-state index contributed by atoms with van der Waals surface area (Å²) in [6.07, 6.45) is 0. The van der Waals surface area contributed by atoms with E-state index in [2.05, 4.69) is 5.10 Å². The van der Waals surface area contributed by atoms with Gasteiger partial charge < -0.3 is 9.84 Å². The second kappa shape index (κ2) is 4.93. The predicted octanol–water partition coefficient (Wildman–Crippen LogP) is 1.15. The lowest BCUT2D eigenvalue weighted by Crippen LogP contribution is -2.26. The van der Waals surface area contributed by atoms with E-state index in [1.807, 2.05) is 0 Å². The molecule has 0 spiro atoms. The summed E-state index contributed by atoms with van der Waals surface area (Å²) >= 11 is 0. The number of carboxylic acid groups (broad SMARTS) is 1. The normalized spacial score (nSPS) is 10.2. The molecule has 1 aromatic carbocycles. The second-order valence-electron chi connectivity index (χ2n) is 3.91. The van der Waals surface area contributed by atoms with Crippen LogP contribution in [0.4, 0.5) is 0 Å². The SMILES string of the molecule is COc1cccc(-c2cc(C(=O)O)c(=O)n(C)n2)c1. The van der Waals surface area contributed by atoms with Gasteiger partial charge in [-0.1, -0.05) is 12.1 Å². The first-order valence-electron chi connectivity index (χ1n) is 5.49. The third kappa shape index (κ3) is 2.47. The van der Waals surface area contributed by atoms with Gasteiger partial charge in [-0.25, -0.2) is 9.48 Å². The van der Waals surface area contributed by atoms with Crippen LogP contribution in [0.3, 0.4) is 0 Å². The molecule has 0 radical (unpaired) electrons. The van der Waals surface area contributed by atoms with E-state index in [-0.39, 0.29) is 5.56 Å². The standard InChI is InChI=1S/C13H12N2O4/c1-15-12(16)10(13(17)18)7-11(14-15)8-4-3-5-9(6-8)19-2/h3-7H,1-2H3,(H,17,18). The zero-order valence-electron chi connectivity index (χ0n) is 10.5. The summed E-state index contributed by atoms with van der Waals surface area (Å²) in [6.45, 7) is 0. The molecule has 0 aliphatic carbocycles. The number of rotatable bonds is 3. The maximum absolute atomic E-state index is 11.6. The second-order valence-corrected chi connectivity index (χ2v) is 3.91. The van der Waals surface area contributed by atoms with Crippen LogP contribution in [-0.2, 0) is 7.05 Å². The average Bonchev–Trinajstić information content (AvgIpc) is 2.41. The van der Waals surface area contributed by atoms with Gasteiger partial charge in [0.25, 0.3) is 5.56 Å². The van der Waals surface area contributed by atoms with Crippen LogP contribution in [-0.4, -0.2) is 28.0 Å². The van der Waals surface area contributed by atoms with Crippen LogP contribution in [0.25, 0.3) is 11.3 Å². The number of carboxylic acids is 1. The van der Waals surface area contributed by atoms with Crippen molar-refractivity contribution in [2.24, 2.45) is 7.05 Å². The highest BCUT2D eigenvalue weighted by Crippen LogP contribution is 2.21. The molecule has 0 amide bonds. The van der Waals surface area contributed by atoms with Crippen molar-refractivity contribution in [1.29, 1.82) is 0 Å². The minimum atomic E-state index is -1.27. The zero-order chi connectivity index (χ0) is 14.0. The number of ether oxygens (including phenoxy) is 1. The van der Waals surface area contributed by atoms with Gasteiger partial charge in [0.2, 0.25) is 0 Å². The summed E-state index contributed by atoms with van der Waals surface area (Å²) in [5.74, 6) is -0.642. The van der Waals surface area contributed by atoms with Crippen LogP contribution in [0.1, 0.15) is 10.4 Å². The Bertz CT molecular complexity index is 691. The van der Waals surface area contributed by atoms with Gasteiger partial charge in [-0.3, -0.25) is 4.79 Å². The van der Waals surface area contributed by atoms with E-state index in [1.165, 1.54) is 20.2 Å². The van der Waals surface area contributed by atoms with Gasteiger partial charge in [0, 0.05) is 12.6 Å². The molecule has 1 aromatic heterocycles. The quantitative estimate of drug-likeness (QED) is 0.895. The molecule has 0 atom stereocenters. The van der Waals surface area contributed by atoms with E-state index in [4.69, 9.17) is 9.84 Å². The van der Waals surface area contributed by atoms with Crippen molar-refractivity contribution in [3.8, 4) is 17.0 Å². The molecule has 1 heterocycles. The first-order chi connectivity index (χ1) is 9.02. The highest BCUT2D eigenvalue weighted by Gasteiger charge is 2.14. The van der Waals surface area contributed by atoms with E-state index in [9.17, 15) is 9.59 Å². The Morgan fingerprint density at radius 1 is 1.37 bits per heavy atom. The highest BCUT2D eigenvalue weighted by molar-refractivity contribution is 5.88. The molecule has 0 fully saturated rings. The molecule has 0 aliphatic rings. The van der Waals surface area contributed by atoms with Crippen LogP contribution in [0.15, 0.2) is 35.1 Å². The van der Waals surface area contributed by atoms with Crippen molar-refractivity contribution in [1.82, 2.24) is 9.78 Å². The van der Waals surface area contributed by atoms with Gasteiger partial charge in [0.1, 0.15) is 11.3 Å². The van der Waals surface area contributed by atoms with Crippen LogP contribution >= 0.6 is 0 Å². The first-order valence-corrected chi connectivity index (χ1v) is 5.49. The van der Waals surface area contributed by atoms with Crippen molar-refractivity contribution in [3.63, 3.8) is 0 Å². The number of nitrogens with zero attached hydrogens (tertiary/aromatic N) is 2. The fourth-order valence-electron chi connectivity index (χ4n) is 1.69. The molecular weight excluding hydrogens is 248 g/mol. The van der Waals surface area contributed by atoms with Crippen molar-refractivity contribution in [2.45, 2.75) is 0 Å². The van der Waals surface area contributed by atoms with E-state index in [0.717, 1.165) is 4.68 Å². The van der Waals surface area contributed by atoms with Crippen LogP contribution in [0.2, 0.25) is 0 Å². The van der Waals surface area contributed by atoms with Gasteiger partial charge in [0.15, 0.2) is 0 Å². The number of aromatic nitrogens is 2. The minimum absolute atomic E-state index is 0.310. The summed E-state index contributed by atoms with van der Waals surface area (Å²) < 4.78 is 6.11. The van der Waals surface area contributed by atoms with E-state index < -0.39 is 11.5 Å². The number of aromatic carboxylic acids is 1. The van der Waals surface area contributed by atoms with Crippen molar-refractivity contribution < 1.29 is 14.6 Å². The minimum Gasteiger partial charge on any atom is -0.497 e. The van der Waals surface area contributed by atoms with Crippen LogP contribution in [0, 0.1) is 0 Å². The van der Waals surface area contributed by atoms with Crippen molar-refractivity contribution in [3.05, 3.63) is 46.2 Å². The topological polar surface area (TPSA) is 81.4 Å². The number of carbonyl (C=O) groups is 1. The molecule has 0 saturated carbocycles. The van der Waals surface area contributed by atoms with Crippen molar-refractivity contribution in [2.75, 3.05) is 7.11 Å². The first kappa shape index (κ1) is 12.8. The van der Waals surface area contributed by atoms with Gasteiger partial charge in [0.05, 0.1) is 12.8 Å². The van der Waals surface area contributed by atoms with Gasteiger partial charge in [-0.05, 0) is 18.2 Å². The molecule has 0 aliphatic heterocycles. The number of aryl methyl sites for hydroxylation is 1. The Kier molecular flexibility index (Phi) is 3.33. The summed E-state index contributed by atoms with van der Waals surface area (Å²) in [5.41, 5.74) is 0.130. The number of hydrogen-bond donors (Lipinski definition) is 1. The smallest absolute Gasteiger partial charge is 0.341 e. The fourth-order valence-corrected chi connectivity index (χ4v) is 1.69. The lowest BCUT2D eigenvalue weighted by molar-refractivity contribution is 0.0694. The Morgan fingerprint density at radius 3 is 2.74 bits per heavy atom. The maximum atomic E-state index is 11.6. The van der Waals surface area contributed by atoms with E-state index in [1.54, 1.807) is 24.3 Å². The summed E-state index contributed by atoms with van der Waals surface area (Å²) in [7, 11) is 2.95. The monoisotopic (exact) mass is 260 g/mol. The van der Waals surface area contributed by atoms with E-state index in [0.29, 0.717) is 17.0 Å². The zero-order valence-corrected chi connectivity index (χ0v) is 10.5. The van der Waals surface area contributed by atoms with Gasteiger partial charge >= 0.3 is 5.97 Å². The molecule has 6 heteroatoms. The Hall–Kier alpha value is -2.63. The predicted molar refractivity (Wildman–Crippen MR) is 68.4 cm³/mol. The summed E-state index contributed by atoms with van der Waals surface area (Å²) in [5, 5.41) is 13.0. The molecule has 1 N–H and O–H groups in total. The molecule has 2 aromatic rings. The maximum Gasteiger partial charge on any atom is 0.341 e. The van der Waals surface area contributed by atoms with Gasteiger partial charge in [-0.2, -0.15) is 5.10 Å². The molecule has 6 nitrogen and oxygen atoms in total. The average molecular weight is 260 g/mol. The molecule has 19 heavy (non-hydrogen) atoms. The third-order valence-corrected chi connectivity index (χ3v) is 2.66. The summed E-state index contributed by atoms with van der Waals surface area (Å²) in [4.78, 5) is 22.6. The van der Waals surface area contributed by atoms with Crippen molar-refractivity contribution >= 4 is 5.97 Å². The van der Waals surface area contributed by atoms with E-state index >= 15 is 0 Å². The molecule has 98 valence electrons. The Balaban J connectivity index is 2.62. The van der Waals surface area contributed by atoms with Crippen LogP contribution < -0.4 is 10.3 Å². The number of benzene rings is 1. The molecule has 0 bridgehead atoms. The Labute approximate surface area is 108 Å².